The molecule has 0 spiro atoms. The number of nitrogens with zero attached hydrogens (tertiary/aromatic N) is 1. The number of hydrogen-bond acceptors (Lipinski definition) is 4. The Morgan fingerprint density at radius 3 is 1.87 bits per heavy atom. The van der Waals surface area contributed by atoms with E-state index in [4.69, 9.17) is 4.74 Å². The van der Waals surface area contributed by atoms with E-state index in [0.29, 0.717) is 19.5 Å². The second-order valence-corrected chi connectivity index (χ2v) is 8.96. The van der Waals surface area contributed by atoms with E-state index in [1.54, 1.807) is 11.8 Å². The zero-order valence-electron chi connectivity index (χ0n) is 21.2. The summed E-state index contributed by atoms with van der Waals surface area (Å²) in [7, 11) is 0. The standard InChI is InChI=1S/C26H51NO4/c1-6-9-10-11-14-17-20-24(29)25(21-18-15-12-13-16-19-22(4)28)31-23(5)26(30)27(7-2)8-3/h23-25,29H,6-21H2,1-5H3. The predicted molar refractivity (Wildman–Crippen MR) is 129 cm³/mol. The highest BCUT2D eigenvalue weighted by molar-refractivity contribution is 5.80. The van der Waals surface area contributed by atoms with Gasteiger partial charge in [-0.2, -0.15) is 0 Å². The number of Topliss-reactive ketones (excluding diaryl/α,β-unsaturated/α-hetero) is 1. The zero-order chi connectivity index (χ0) is 23.5. The molecule has 0 rings (SSSR count). The fourth-order valence-corrected chi connectivity index (χ4v) is 4.03. The number of ether oxygens (including phenoxy) is 1. The van der Waals surface area contributed by atoms with E-state index in [1.165, 1.54) is 25.7 Å². The molecule has 0 aromatic rings. The van der Waals surface area contributed by atoms with Crippen LogP contribution in [0.3, 0.4) is 0 Å². The lowest BCUT2D eigenvalue weighted by Gasteiger charge is -2.29. The topological polar surface area (TPSA) is 66.8 Å². The van der Waals surface area contributed by atoms with Crippen LogP contribution in [0.4, 0.5) is 0 Å². The lowest BCUT2D eigenvalue weighted by Crippen LogP contribution is -2.42. The maximum Gasteiger partial charge on any atom is 0.251 e. The van der Waals surface area contributed by atoms with Crippen LogP contribution in [0.2, 0.25) is 0 Å². The van der Waals surface area contributed by atoms with E-state index >= 15 is 0 Å². The summed E-state index contributed by atoms with van der Waals surface area (Å²) in [6, 6.07) is 0. The first kappa shape index (κ1) is 30.1. The number of carbonyl (C=O) groups excluding carboxylic acids is 2. The van der Waals surface area contributed by atoms with Crippen molar-refractivity contribution in [3.8, 4) is 0 Å². The lowest BCUT2D eigenvalue weighted by atomic mass is 9.99. The van der Waals surface area contributed by atoms with E-state index in [1.807, 2.05) is 20.8 Å². The molecule has 5 heteroatoms. The van der Waals surface area contributed by atoms with Crippen molar-refractivity contribution in [1.82, 2.24) is 4.90 Å². The van der Waals surface area contributed by atoms with Crippen molar-refractivity contribution in [3.05, 3.63) is 0 Å². The molecule has 3 unspecified atom stereocenters. The van der Waals surface area contributed by atoms with Crippen molar-refractivity contribution in [3.63, 3.8) is 0 Å². The molecule has 1 N–H and O–H groups in total. The summed E-state index contributed by atoms with van der Waals surface area (Å²) in [5.74, 6) is 0.268. The van der Waals surface area contributed by atoms with Crippen LogP contribution in [-0.4, -0.2) is 53.1 Å². The largest absolute Gasteiger partial charge is 0.390 e. The second kappa shape index (κ2) is 19.7. The van der Waals surface area contributed by atoms with Crippen molar-refractivity contribution in [2.45, 2.75) is 143 Å². The van der Waals surface area contributed by atoms with Crippen molar-refractivity contribution < 1.29 is 19.4 Å². The summed E-state index contributed by atoms with van der Waals surface area (Å²) >= 11 is 0. The molecule has 0 radical (unpaired) electrons. The third kappa shape index (κ3) is 15.5. The first-order valence-corrected chi connectivity index (χ1v) is 13.0. The molecule has 184 valence electrons. The number of aliphatic hydroxyl groups is 1. The molecule has 0 bridgehead atoms. The zero-order valence-corrected chi connectivity index (χ0v) is 21.2. The molecule has 3 atom stereocenters. The minimum absolute atomic E-state index is 0.00555. The number of aliphatic hydroxyl groups excluding tert-OH is 1. The third-order valence-corrected chi connectivity index (χ3v) is 6.10. The maximum atomic E-state index is 12.6. The molecular formula is C26H51NO4. The summed E-state index contributed by atoms with van der Waals surface area (Å²) in [5.41, 5.74) is 0. The minimum atomic E-state index is -0.528. The van der Waals surface area contributed by atoms with Gasteiger partial charge < -0.3 is 19.5 Å². The molecule has 1 amide bonds. The van der Waals surface area contributed by atoms with Gasteiger partial charge in [0.05, 0.1) is 12.2 Å². The van der Waals surface area contributed by atoms with E-state index in [-0.39, 0.29) is 17.8 Å². The Balaban J connectivity index is 4.55. The molecule has 31 heavy (non-hydrogen) atoms. The van der Waals surface area contributed by atoms with Crippen LogP contribution in [0.5, 0.6) is 0 Å². The Morgan fingerprint density at radius 1 is 0.806 bits per heavy atom. The molecule has 0 aromatic carbocycles. The molecule has 0 saturated heterocycles. The number of unbranched alkanes of at least 4 members (excludes halogenated alkanes) is 9. The van der Waals surface area contributed by atoms with Gasteiger partial charge in [-0.15, -0.1) is 0 Å². The van der Waals surface area contributed by atoms with Crippen LogP contribution in [0.1, 0.15) is 125 Å². The van der Waals surface area contributed by atoms with Crippen LogP contribution >= 0.6 is 0 Å². The van der Waals surface area contributed by atoms with Gasteiger partial charge in [0.25, 0.3) is 5.91 Å². The number of hydrogen-bond donors (Lipinski definition) is 1. The van der Waals surface area contributed by atoms with E-state index in [0.717, 1.165) is 57.8 Å². The van der Waals surface area contributed by atoms with Gasteiger partial charge in [-0.1, -0.05) is 71.1 Å². The number of rotatable bonds is 21. The first-order valence-electron chi connectivity index (χ1n) is 13.0. The van der Waals surface area contributed by atoms with Gasteiger partial charge in [0.15, 0.2) is 0 Å². The highest BCUT2D eigenvalue weighted by Gasteiger charge is 2.26. The van der Waals surface area contributed by atoms with Gasteiger partial charge in [0.2, 0.25) is 0 Å². The SMILES string of the molecule is CCCCCCCCC(O)C(CCCCCCCC(C)=O)OC(C)C(=O)N(CC)CC. The van der Waals surface area contributed by atoms with E-state index < -0.39 is 12.2 Å². The summed E-state index contributed by atoms with van der Waals surface area (Å²) in [4.78, 5) is 25.4. The molecule has 0 fully saturated rings. The second-order valence-electron chi connectivity index (χ2n) is 8.96. The highest BCUT2D eigenvalue weighted by atomic mass is 16.5. The molecule has 0 aliphatic heterocycles. The Labute approximate surface area is 192 Å². The fourth-order valence-electron chi connectivity index (χ4n) is 4.03. The quantitative estimate of drug-likeness (QED) is 0.220. The van der Waals surface area contributed by atoms with Crippen LogP contribution in [0.25, 0.3) is 0 Å². The predicted octanol–water partition coefficient (Wildman–Crippen LogP) is 6.06. The Hall–Kier alpha value is -0.940. The van der Waals surface area contributed by atoms with Gasteiger partial charge in [-0.3, -0.25) is 4.79 Å². The Bertz CT molecular complexity index is 451. The normalized spacial score (nSPS) is 14.3. The molecular weight excluding hydrogens is 390 g/mol. The number of amides is 1. The Kier molecular flexibility index (Phi) is 19.1. The van der Waals surface area contributed by atoms with Gasteiger partial charge in [-0.05, 0) is 47.0 Å². The molecule has 0 aliphatic carbocycles. The van der Waals surface area contributed by atoms with Crippen molar-refractivity contribution in [1.29, 1.82) is 0 Å². The molecule has 0 saturated carbocycles. The van der Waals surface area contributed by atoms with Gasteiger partial charge in [0.1, 0.15) is 11.9 Å². The summed E-state index contributed by atoms with van der Waals surface area (Å²) in [6.45, 7) is 11.0. The van der Waals surface area contributed by atoms with Crippen molar-refractivity contribution >= 4 is 11.7 Å². The monoisotopic (exact) mass is 441 g/mol. The molecule has 0 aromatic heterocycles. The average Bonchev–Trinajstić information content (AvgIpc) is 2.74. The van der Waals surface area contributed by atoms with Crippen molar-refractivity contribution in [2.75, 3.05) is 13.1 Å². The smallest absolute Gasteiger partial charge is 0.251 e. The first-order chi connectivity index (χ1) is 14.9. The molecule has 0 aliphatic rings. The van der Waals surface area contributed by atoms with Gasteiger partial charge >= 0.3 is 0 Å². The van der Waals surface area contributed by atoms with Crippen LogP contribution in [-0.2, 0) is 14.3 Å². The highest BCUT2D eigenvalue weighted by Crippen LogP contribution is 2.19. The fraction of sp³-hybridized carbons (Fsp3) is 0.923. The van der Waals surface area contributed by atoms with Crippen LogP contribution in [0.15, 0.2) is 0 Å². The third-order valence-electron chi connectivity index (χ3n) is 6.10. The summed E-state index contributed by atoms with van der Waals surface area (Å²) in [5, 5.41) is 10.8. The minimum Gasteiger partial charge on any atom is -0.390 e. The molecule has 0 heterocycles. The number of ketones is 1. The molecule has 5 nitrogen and oxygen atoms in total. The van der Waals surface area contributed by atoms with Crippen LogP contribution in [0, 0.1) is 0 Å². The maximum absolute atomic E-state index is 12.6. The Morgan fingerprint density at radius 2 is 1.32 bits per heavy atom. The van der Waals surface area contributed by atoms with Crippen molar-refractivity contribution in [2.24, 2.45) is 0 Å². The summed E-state index contributed by atoms with van der Waals surface area (Å²) < 4.78 is 6.13. The lowest BCUT2D eigenvalue weighted by molar-refractivity contribution is -0.151. The van der Waals surface area contributed by atoms with Gasteiger partial charge in [0, 0.05) is 19.5 Å². The number of carbonyl (C=O) groups is 2. The summed E-state index contributed by atoms with van der Waals surface area (Å²) in [6.07, 6.45) is 13.2. The van der Waals surface area contributed by atoms with Gasteiger partial charge in [-0.25, -0.2) is 0 Å². The number of likely N-dealkylation sites (N-methyl/N-ethyl adjacent to an activating group) is 1. The van der Waals surface area contributed by atoms with Crippen LogP contribution < -0.4 is 0 Å². The van der Waals surface area contributed by atoms with E-state index in [9.17, 15) is 14.7 Å². The van der Waals surface area contributed by atoms with E-state index in [2.05, 4.69) is 6.92 Å². The average molecular weight is 442 g/mol.